The van der Waals surface area contributed by atoms with Gasteiger partial charge in [0.2, 0.25) is 0 Å². The van der Waals surface area contributed by atoms with Gasteiger partial charge in [-0.25, -0.2) is 9.78 Å². The maximum atomic E-state index is 12.4. The van der Waals surface area contributed by atoms with Gasteiger partial charge in [0.05, 0.1) is 18.4 Å². The van der Waals surface area contributed by atoms with Crippen molar-refractivity contribution < 1.29 is 9.15 Å². The summed E-state index contributed by atoms with van der Waals surface area (Å²) < 4.78 is 10.7. The van der Waals surface area contributed by atoms with Gasteiger partial charge in [-0.3, -0.25) is 4.98 Å². The molecule has 0 atom stereocenters. The normalized spacial score (nSPS) is 11.0. The molecule has 0 unspecified atom stereocenters. The molecule has 0 saturated heterocycles. The van der Waals surface area contributed by atoms with Crippen LogP contribution in [0.15, 0.2) is 57.2 Å². The van der Waals surface area contributed by atoms with Gasteiger partial charge in [0.1, 0.15) is 16.3 Å². The Morgan fingerprint density at radius 1 is 1.19 bits per heavy atom. The van der Waals surface area contributed by atoms with Gasteiger partial charge >= 0.3 is 5.63 Å². The monoisotopic (exact) mass is 378 g/mol. The molecule has 6 heteroatoms. The number of ether oxygens (including phenoxy) is 1. The van der Waals surface area contributed by atoms with E-state index >= 15 is 0 Å². The van der Waals surface area contributed by atoms with Crippen LogP contribution < -0.4 is 10.4 Å². The Labute approximate surface area is 160 Å². The van der Waals surface area contributed by atoms with Crippen LogP contribution in [0, 0.1) is 0 Å². The predicted molar refractivity (Wildman–Crippen MR) is 107 cm³/mol. The fourth-order valence-corrected chi connectivity index (χ4v) is 3.76. The average molecular weight is 378 g/mol. The van der Waals surface area contributed by atoms with E-state index in [0.29, 0.717) is 22.6 Å². The molecule has 0 amide bonds. The number of hydrogen-bond donors (Lipinski definition) is 0. The number of methoxy groups -OCH3 is 1. The molecule has 136 valence electrons. The first-order valence-electron chi connectivity index (χ1n) is 8.71. The van der Waals surface area contributed by atoms with Crippen molar-refractivity contribution in [2.45, 2.75) is 19.8 Å². The van der Waals surface area contributed by atoms with Crippen LogP contribution in [0.4, 0.5) is 0 Å². The van der Waals surface area contributed by atoms with Gasteiger partial charge in [-0.15, -0.1) is 11.3 Å². The molecule has 5 nitrogen and oxygen atoms in total. The third-order valence-electron chi connectivity index (χ3n) is 4.29. The lowest BCUT2D eigenvalue weighted by Gasteiger charge is -2.03. The van der Waals surface area contributed by atoms with Gasteiger partial charge < -0.3 is 9.15 Å². The van der Waals surface area contributed by atoms with Crippen LogP contribution in [0.3, 0.4) is 0 Å². The van der Waals surface area contributed by atoms with Gasteiger partial charge in [-0.1, -0.05) is 13.3 Å². The number of rotatable bonds is 5. The topological polar surface area (TPSA) is 65.2 Å². The minimum atomic E-state index is -0.397. The number of thiazole rings is 1. The van der Waals surface area contributed by atoms with Crippen molar-refractivity contribution in [1.82, 2.24) is 9.97 Å². The van der Waals surface area contributed by atoms with Crippen LogP contribution >= 0.6 is 11.3 Å². The lowest BCUT2D eigenvalue weighted by Crippen LogP contribution is -2.03. The Morgan fingerprint density at radius 3 is 2.89 bits per heavy atom. The highest BCUT2D eigenvalue weighted by Gasteiger charge is 2.13. The van der Waals surface area contributed by atoms with Gasteiger partial charge in [0.25, 0.3) is 0 Å². The van der Waals surface area contributed by atoms with E-state index in [1.807, 2.05) is 17.5 Å². The molecule has 3 aromatic heterocycles. The minimum Gasteiger partial charge on any atom is -0.497 e. The molecule has 4 aromatic rings. The van der Waals surface area contributed by atoms with Crippen molar-refractivity contribution in [3.05, 3.63) is 64.1 Å². The van der Waals surface area contributed by atoms with E-state index in [9.17, 15) is 4.79 Å². The van der Waals surface area contributed by atoms with Crippen molar-refractivity contribution in [2.75, 3.05) is 7.11 Å². The lowest BCUT2D eigenvalue weighted by atomic mass is 10.1. The molecule has 4 rings (SSSR count). The molecular formula is C21H18N2O3S. The molecule has 0 aliphatic carbocycles. The van der Waals surface area contributed by atoms with Crippen molar-refractivity contribution in [3.63, 3.8) is 0 Å². The zero-order valence-electron chi connectivity index (χ0n) is 15.1. The second-order valence-electron chi connectivity index (χ2n) is 6.18. The Morgan fingerprint density at radius 2 is 2.07 bits per heavy atom. The highest BCUT2D eigenvalue weighted by Crippen LogP contribution is 2.30. The van der Waals surface area contributed by atoms with Crippen molar-refractivity contribution in [2.24, 2.45) is 0 Å². The van der Waals surface area contributed by atoms with Crippen molar-refractivity contribution in [1.29, 1.82) is 0 Å². The van der Waals surface area contributed by atoms with E-state index < -0.39 is 5.63 Å². The van der Waals surface area contributed by atoms with Crippen LogP contribution in [-0.4, -0.2) is 17.1 Å². The maximum absolute atomic E-state index is 12.4. The summed E-state index contributed by atoms with van der Waals surface area (Å²) in [5, 5.41) is 3.54. The smallest absolute Gasteiger partial charge is 0.345 e. The van der Waals surface area contributed by atoms with Gasteiger partial charge in [-0.05, 0) is 42.8 Å². The van der Waals surface area contributed by atoms with Crippen LogP contribution in [-0.2, 0) is 6.42 Å². The first-order valence-corrected chi connectivity index (χ1v) is 9.59. The zero-order chi connectivity index (χ0) is 18.8. The molecule has 0 N–H and O–H groups in total. The third kappa shape index (κ3) is 3.48. The van der Waals surface area contributed by atoms with Crippen LogP contribution in [0.1, 0.15) is 19.0 Å². The second kappa shape index (κ2) is 7.32. The molecule has 0 bridgehead atoms. The molecule has 0 fully saturated rings. The van der Waals surface area contributed by atoms with Crippen LogP contribution in [0.5, 0.6) is 5.75 Å². The van der Waals surface area contributed by atoms with Crippen molar-refractivity contribution in [3.8, 4) is 27.6 Å². The number of nitrogens with zero attached hydrogens (tertiary/aromatic N) is 2. The summed E-state index contributed by atoms with van der Waals surface area (Å²) in [5.74, 6) is 0.710. The number of pyridine rings is 1. The van der Waals surface area contributed by atoms with E-state index in [2.05, 4.69) is 23.0 Å². The second-order valence-corrected chi connectivity index (χ2v) is 7.03. The highest BCUT2D eigenvalue weighted by molar-refractivity contribution is 7.13. The summed E-state index contributed by atoms with van der Waals surface area (Å²) in [7, 11) is 1.61. The standard InChI is InChI=1S/C21H18N2O3S/c1-3-4-15-9-13(7-8-22-15)20-23-18(12-27-20)17-11-14-10-16(25-2)5-6-19(14)26-21(17)24/h5-12H,3-4H2,1-2H3. The maximum Gasteiger partial charge on any atom is 0.345 e. The van der Waals surface area contributed by atoms with E-state index in [4.69, 9.17) is 9.15 Å². The van der Waals surface area contributed by atoms with Gasteiger partial charge in [-0.2, -0.15) is 0 Å². The van der Waals surface area contributed by atoms with E-state index in [1.54, 1.807) is 31.5 Å². The number of benzene rings is 1. The summed E-state index contributed by atoms with van der Waals surface area (Å²) in [4.78, 5) is 21.5. The van der Waals surface area contributed by atoms with Crippen LogP contribution in [0.2, 0.25) is 0 Å². The Hall–Kier alpha value is -2.99. The first-order chi connectivity index (χ1) is 13.2. The molecule has 27 heavy (non-hydrogen) atoms. The molecule has 3 heterocycles. The fourth-order valence-electron chi connectivity index (χ4n) is 2.94. The molecule has 1 aromatic carbocycles. The zero-order valence-corrected chi connectivity index (χ0v) is 15.9. The largest absolute Gasteiger partial charge is 0.497 e. The number of hydrogen-bond acceptors (Lipinski definition) is 6. The molecule has 0 aliphatic heterocycles. The van der Waals surface area contributed by atoms with E-state index in [0.717, 1.165) is 34.5 Å². The van der Waals surface area contributed by atoms with Gasteiger partial charge in [0.15, 0.2) is 0 Å². The fraction of sp³-hybridized carbons (Fsp3) is 0.190. The minimum absolute atomic E-state index is 0.397. The predicted octanol–water partition coefficient (Wildman–Crippen LogP) is 4.94. The lowest BCUT2D eigenvalue weighted by molar-refractivity contribution is 0.415. The average Bonchev–Trinajstić information content (AvgIpc) is 3.17. The molecular weight excluding hydrogens is 360 g/mol. The number of fused-ring (bicyclic) bond motifs is 1. The summed E-state index contributed by atoms with van der Waals surface area (Å²) in [6, 6.07) is 11.1. The van der Waals surface area contributed by atoms with Crippen molar-refractivity contribution >= 4 is 22.3 Å². The van der Waals surface area contributed by atoms with E-state index in [1.165, 1.54) is 11.3 Å². The summed E-state index contributed by atoms with van der Waals surface area (Å²) in [5.41, 5.74) is 3.24. The molecule has 0 saturated carbocycles. The third-order valence-corrected chi connectivity index (χ3v) is 5.18. The molecule has 0 spiro atoms. The Bertz CT molecular complexity index is 1160. The van der Waals surface area contributed by atoms with Crippen LogP contribution in [0.25, 0.3) is 32.8 Å². The van der Waals surface area contributed by atoms with E-state index in [-0.39, 0.29) is 0 Å². The van der Waals surface area contributed by atoms with Gasteiger partial charge in [0, 0.05) is 28.2 Å². The quantitative estimate of drug-likeness (QED) is 0.460. The molecule has 0 radical (unpaired) electrons. The number of aryl methyl sites for hydroxylation is 1. The first kappa shape index (κ1) is 17.4. The summed E-state index contributed by atoms with van der Waals surface area (Å²) in [6.07, 6.45) is 3.78. The molecule has 0 aliphatic rings. The Balaban J connectivity index is 1.75. The number of aromatic nitrogens is 2. The Kier molecular flexibility index (Phi) is 4.73. The SMILES string of the molecule is CCCc1cc(-c2nc(-c3cc4cc(OC)ccc4oc3=O)cs2)ccn1. The highest BCUT2D eigenvalue weighted by atomic mass is 32.1. The summed E-state index contributed by atoms with van der Waals surface area (Å²) in [6.45, 7) is 2.13. The summed E-state index contributed by atoms with van der Waals surface area (Å²) >= 11 is 1.50.